The number of nitro benzene ring substituents is 1. The quantitative estimate of drug-likeness (QED) is 0.634. The Morgan fingerprint density at radius 1 is 1.33 bits per heavy atom. The maximum Gasteiger partial charge on any atom is 0.307 e. The van der Waals surface area contributed by atoms with Gasteiger partial charge in [0.15, 0.2) is 0 Å². The standard InChI is InChI=1S/C14H16N2O5/c17-13(11-5-2-6-12(11)14(18)19)15-8-9-3-1-4-10(7-9)16(20)21/h1,3-4,7,11-12H,2,5-6,8H2,(H,15,17)(H,18,19). The first-order chi connectivity index (χ1) is 9.99. The summed E-state index contributed by atoms with van der Waals surface area (Å²) in [4.78, 5) is 33.3. The number of nitrogens with zero attached hydrogens (tertiary/aromatic N) is 1. The number of nitrogens with one attached hydrogen (secondary N) is 1. The van der Waals surface area contributed by atoms with Gasteiger partial charge < -0.3 is 10.4 Å². The third-order valence-corrected chi connectivity index (χ3v) is 3.76. The van der Waals surface area contributed by atoms with Crippen LogP contribution in [0.3, 0.4) is 0 Å². The molecule has 1 aliphatic carbocycles. The van der Waals surface area contributed by atoms with Crippen molar-refractivity contribution in [1.29, 1.82) is 0 Å². The smallest absolute Gasteiger partial charge is 0.307 e. The topological polar surface area (TPSA) is 110 Å². The van der Waals surface area contributed by atoms with Crippen LogP contribution in [0.1, 0.15) is 24.8 Å². The van der Waals surface area contributed by atoms with Crippen molar-refractivity contribution in [3.63, 3.8) is 0 Å². The lowest BCUT2D eigenvalue weighted by Crippen LogP contribution is -2.34. The maximum atomic E-state index is 12.0. The minimum Gasteiger partial charge on any atom is -0.481 e. The van der Waals surface area contributed by atoms with Gasteiger partial charge in [-0.2, -0.15) is 0 Å². The minimum atomic E-state index is -0.942. The molecule has 2 atom stereocenters. The fourth-order valence-corrected chi connectivity index (χ4v) is 2.67. The summed E-state index contributed by atoms with van der Waals surface area (Å²) >= 11 is 0. The van der Waals surface area contributed by atoms with E-state index in [0.717, 1.165) is 6.42 Å². The van der Waals surface area contributed by atoms with E-state index in [2.05, 4.69) is 5.32 Å². The number of hydrogen-bond donors (Lipinski definition) is 2. The molecule has 1 aliphatic rings. The van der Waals surface area contributed by atoms with E-state index in [1.165, 1.54) is 12.1 Å². The molecular formula is C14H16N2O5. The summed E-state index contributed by atoms with van der Waals surface area (Å²) in [6.45, 7) is 0.156. The Hall–Kier alpha value is -2.44. The average molecular weight is 292 g/mol. The molecular weight excluding hydrogens is 276 g/mol. The molecule has 0 bridgehead atoms. The largest absolute Gasteiger partial charge is 0.481 e. The van der Waals surface area contributed by atoms with Crippen molar-refractivity contribution in [2.24, 2.45) is 11.8 Å². The summed E-state index contributed by atoms with van der Waals surface area (Å²) in [7, 11) is 0. The predicted molar refractivity (Wildman–Crippen MR) is 73.4 cm³/mol. The zero-order chi connectivity index (χ0) is 15.4. The van der Waals surface area contributed by atoms with Crippen LogP contribution in [0.5, 0.6) is 0 Å². The number of carbonyl (C=O) groups is 2. The molecule has 1 amide bonds. The minimum absolute atomic E-state index is 0.0361. The summed E-state index contributed by atoms with van der Waals surface area (Å²) in [5, 5.41) is 22.4. The Labute approximate surface area is 121 Å². The first-order valence-corrected chi connectivity index (χ1v) is 6.73. The molecule has 2 N–H and O–H groups in total. The highest BCUT2D eigenvalue weighted by Crippen LogP contribution is 2.32. The molecule has 1 aromatic rings. The van der Waals surface area contributed by atoms with E-state index < -0.39 is 22.7 Å². The number of benzene rings is 1. The number of nitro groups is 1. The number of amides is 1. The van der Waals surface area contributed by atoms with Gasteiger partial charge in [-0.25, -0.2) is 0 Å². The van der Waals surface area contributed by atoms with Crippen molar-refractivity contribution in [2.45, 2.75) is 25.8 Å². The Bertz CT molecular complexity index is 572. The molecule has 0 heterocycles. The van der Waals surface area contributed by atoms with E-state index in [1.807, 2.05) is 0 Å². The third kappa shape index (κ3) is 3.56. The van der Waals surface area contributed by atoms with Gasteiger partial charge in [0.05, 0.1) is 16.8 Å². The van der Waals surface area contributed by atoms with Crippen LogP contribution in [0.4, 0.5) is 5.69 Å². The van der Waals surface area contributed by atoms with Gasteiger partial charge in [-0.1, -0.05) is 18.6 Å². The van der Waals surface area contributed by atoms with E-state index in [1.54, 1.807) is 12.1 Å². The summed E-state index contributed by atoms with van der Waals surface area (Å²) in [6.07, 6.45) is 1.81. The first-order valence-electron chi connectivity index (χ1n) is 6.73. The van der Waals surface area contributed by atoms with Gasteiger partial charge in [-0.15, -0.1) is 0 Å². The third-order valence-electron chi connectivity index (χ3n) is 3.76. The molecule has 21 heavy (non-hydrogen) atoms. The van der Waals surface area contributed by atoms with Gasteiger partial charge in [0, 0.05) is 18.7 Å². The summed E-state index contributed by atoms with van der Waals surface area (Å²) in [5.41, 5.74) is 0.577. The highest BCUT2D eigenvalue weighted by molar-refractivity contribution is 5.85. The Balaban J connectivity index is 1.96. The zero-order valence-corrected chi connectivity index (χ0v) is 11.3. The molecule has 0 saturated heterocycles. The molecule has 112 valence electrons. The monoisotopic (exact) mass is 292 g/mol. The second-order valence-electron chi connectivity index (χ2n) is 5.13. The number of carbonyl (C=O) groups excluding carboxylic acids is 1. The lowest BCUT2D eigenvalue weighted by molar-refractivity contribution is -0.384. The number of carboxylic acid groups (broad SMARTS) is 1. The molecule has 2 unspecified atom stereocenters. The highest BCUT2D eigenvalue weighted by atomic mass is 16.6. The van der Waals surface area contributed by atoms with Crippen LogP contribution < -0.4 is 5.32 Å². The van der Waals surface area contributed by atoms with Crippen molar-refractivity contribution in [1.82, 2.24) is 5.32 Å². The van der Waals surface area contributed by atoms with Crippen LogP contribution >= 0.6 is 0 Å². The van der Waals surface area contributed by atoms with Crippen LogP contribution in [0.15, 0.2) is 24.3 Å². The SMILES string of the molecule is O=C(O)C1CCCC1C(=O)NCc1cccc([N+](=O)[O-])c1. The van der Waals surface area contributed by atoms with Crippen molar-refractivity contribution in [3.05, 3.63) is 39.9 Å². The van der Waals surface area contributed by atoms with E-state index in [-0.39, 0.29) is 18.1 Å². The lowest BCUT2D eigenvalue weighted by Gasteiger charge is -2.15. The van der Waals surface area contributed by atoms with Crippen LogP contribution in [0, 0.1) is 22.0 Å². The van der Waals surface area contributed by atoms with Gasteiger partial charge in [-0.05, 0) is 18.4 Å². The molecule has 1 saturated carbocycles. The molecule has 0 spiro atoms. The van der Waals surface area contributed by atoms with Gasteiger partial charge >= 0.3 is 5.97 Å². The lowest BCUT2D eigenvalue weighted by atomic mass is 9.95. The number of non-ortho nitro benzene ring substituents is 1. The molecule has 7 nitrogen and oxygen atoms in total. The molecule has 0 aliphatic heterocycles. The van der Waals surface area contributed by atoms with Gasteiger partial charge in [0.2, 0.25) is 5.91 Å². The fraction of sp³-hybridized carbons (Fsp3) is 0.429. The number of aliphatic carboxylic acids is 1. The molecule has 7 heteroatoms. The number of rotatable bonds is 5. The zero-order valence-electron chi connectivity index (χ0n) is 11.3. The van der Waals surface area contributed by atoms with Gasteiger partial charge in [0.1, 0.15) is 0 Å². The molecule has 1 aromatic carbocycles. The molecule has 2 rings (SSSR count). The molecule has 1 fully saturated rings. The van der Waals surface area contributed by atoms with Gasteiger partial charge in [0.25, 0.3) is 5.69 Å². The van der Waals surface area contributed by atoms with Crippen molar-refractivity contribution < 1.29 is 19.6 Å². The average Bonchev–Trinajstić information content (AvgIpc) is 2.94. The van der Waals surface area contributed by atoms with Crippen LogP contribution in [0.2, 0.25) is 0 Å². The normalized spacial score (nSPS) is 21.0. The van der Waals surface area contributed by atoms with E-state index >= 15 is 0 Å². The summed E-state index contributed by atoms with van der Waals surface area (Å²) in [5.74, 6) is -2.38. The predicted octanol–water partition coefficient (Wildman–Crippen LogP) is 1.71. The second kappa shape index (κ2) is 6.34. The summed E-state index contributed by atoms with van der Waals surface area (Å²) < 4.78 is 0. The Kier molecular flexibility index (Phi) is 4.52. The van der Waals surface area contributed by atoms with E-state index in [9.17, 15) is 19.7 Å². The fourth-order valence-electron chi connectivity index (χ4n) is 2.67. The van der Waals surface area contributed by atoms with Crippen LogP contribution in [0.25, 0.3) is 0 Å². The second-order valence-corrected chi connectivity index (χ2v) is 5.13. The summed E-state index contributed by atoms with van der Waals surface area (Å²) in [6, 6.07) is 6.00. The Morgan fingerprint density at radius 2 is 2.05 bits per heavy atom. The number of hydrogen-bond acceptors (Lipinski definition) is 4. The van der Waals surface area contributed by atoms with Crippen LogP contribution in [-0.2, 0) is 16.1 Å². The Morgan fingerprint density at radius 3 is 2.71 bits per heavy atom. The number of carboxylic acids is 1. The first kappa shape index (κ1) is 15.0. The van der Waals surface area contributed by atoms with E-state index in [0.29, 0.717) is 18.4 Å². The maximum absolute atomic E-state index is 12.0. The highest BCUT2D eigenvalue weighted by Gasteiger charge is 2.37. The van der Waals surface area contributed by atoms with Crippen molar-refractivity contribution in [2.75, 3.05) is 0 Å². The van der Waals surface area contributed by atoms with Crippen molar-refractivity contribution >= 4 is 17.6 Å². The van der Waals surface area contributed by atoms with Crippen molar-refractivity contribution in [3.8, 4) is 0 Å². The molecule has 0 radical (unpaired) electrons. The van der Waals surface area contributed by atoms with Crippen LogP contribution in [-0.4, -0.2) is 21.9 Å². The van der Waals surface area contributed by atoms with Gasteiger partial charge in [-0.3, -0.25) is 19.7 Å². The molecule has 0 aromatic heterocycles. The van der Waals surface area contributed by atoms with E-state index in [4.69, 9.17) is 5.11 Å².